The molecular weight excluding hydrogens is 460 g/mol. The summed E-state index contributed by atoms with van der Waals surface area (Å²) in [5.41, 5.74) is 1.10. The second kappa shape index (κ2) is 10.4. The molecule has 2 aliphatic rings. The van der Waals surface area contributed by atoms with Gasteiger partial charge in [0, 0.05) is 24.8 Å². The third kappa shape index (κ3) is 5.68. The third-order valence-electron chi connectivity index (χ3n) is 5.71. The maximum atomic E-state index is 12.7. The van der Waals surface area contributed by atoms with E-state index in [0.717, 1.165) is 19.3 Å². The smallest absolute Gasteiger partial charge is 0.311 e. The molecule has 1 saturated heterocycles. The average molecular weight is 489 g/mol. The van der Waals surface area contributed by atoms with Crippen LogP contribution in [0.3, 0.4) is 0 Å². The Morgan fingerprint density at radius 2 is 1.68 bits per heavy atom. The number of carbonyl (C=O) groups is 2. The molecule has 2 heterocycles. The molecule has 1 fully saturated rings. The fourth-order valence-corrected chi connectivity index (χ4v) is 5.37. The first kappa shape index (κ1) is 24.0. The van der Waals surface area contributed by atoms with E-state index in [1.54, 1.807) is 30.3 Å². The lowest BCUT2D eigenvalue weighted by atomic mass is 10.1. The Kier molecular flexibility index (Phi) is 7.38. The van der Waals surface area contributed by atoms with Crippen LogP contribution in [0.2, 0.25) is 0 Å². The number of anilines is 1. The van der Waals surface area contributed by atoms with Gasteiger partial charge in [-0.25, -0.2) is 8.42 Å². The first-order chi connectivity index (χ1) is 16.3. The molecular formula is C24H28N2O7S. The lowest BCUT2D eigenvalue weighted by Gasteiger charge is -2.25. The molecule has 182 valence electrons. The number of piperidine rings is 1. The number of rotatable bonds is 7. The molecule has 1 amide bonds. The lowest BCUT2D eigenvalue weighted by molar-refractivity contribution is -0.152. The molecule has 0 aromatic heterocycles. The minimum atomic E-state index is -3.53. The highest BCUT2D eigenvalue weighted by Gasteiger charge is 2.26. The standard InChI is InChI=1S/C24H28N2O7S/c1-17(24(28)25-19-7-10-21-22(16-19)32-14-13-31-21)33-23(27)15-18-5-8-20(9-6-18)34(29,30)26-11-3-2-4-12-26/h5-10,16-17H,2-4,11-15H2,1H3,(H,25,28). The van der Waals surface area contributed by atoms with Crippen molar-refractivity contribution in [3.05, 3.63) is 48.0 Å². The number of hydrogen-bond acceptors (Lipinski definition) is 7. The largest absolute Gasteiger partial charge is 0.486 e. The zero-order valence-electron chi connectivity index (χ0n) is 19.0. The van der Waals surface area contributed by atoms with Gasteiger partial charge in [-0.2, -0.15) is 4.31 Å². The van der Waals surface area contributed by atoms with Crippen LogP contribution in [0.15, 0.2) is 47.4 Å². The monoisotopic (exact) mass is 488 g/mol. The predicted molar refractivity (Wildman–Crippen MR) is 124 cm³/mol. The lowest BCUT2D eigenvalue weighted by Crippen LogP contribution is -2.35. The molecule has 4 rings (SSSR count). The first-order valence-corrected chi connectivity index (χ1v) is 12.8. The molecule has 0 bridgehead atoms. The maximum Gasteiger partial charge on any atom is 0.311 e. The van der Waals surface area contributed by atoms with Crippen molar-refractivity contribution in [2.24, 2.45) is 0 Å². The van der Waals surface area contributed by atoms with E-state index in [-0.39, 0.29) is 11.3 Å². The number of esters is 1. The van der Waals surface area contributed by atoms with E-state index in [4.69, 9.17) is 14.2 Å². The summed E-state index contributed by atoms with van der Waals surface area (Å²) >= 11 is 0. The van der Waals surface area contributed by atoms with E-state index in [0.29, 0.717) is 49.1 Å². The highest BCUT2D eigenvalue weighted by molar-refractivity contribution is 7.89. The van der Waals surface area contributed by atoms with Crippen LogP contribution in [0.1, 0.15) is 31.7 Å². The number of ether oxygens (including phenoxy) is 3. The van der Waals surface area contributed by atoms with Crippen LogP contribution in [0, 0.1) is 0 Å². The normalized spacial score (nSPS) is 17.0. The summed E-state index contributed by atoms with van der Waals surface area (Å²) in [5, 5.41) is 2.69. The highest BCUT2D eigenvalue weighted by Crippen LogP contribution is 2.32. The van der Waals surface area contributed by atoms with Crippen molar-refractivity contribution in [3.8, 4) is 11.5 Å². The second-order valence-electron chi connectivity index (χ2n) is 8.27. The summed E-state index contributed by atoms with van der Waals surface area (Å²) in [5.74, 6) is 0.0855. The summed E-state index contributed by atoms with van der Waals surface area (Å²) in [6.45, 7) is 3.46. The zero-order valence-corrected chi connectivity index (χ0v) is 19.8. The van der Waals surface area contributed by atoms with Gasteiger partial charge in [0.2, 0.25) is 10.0 Å². The molecule has 10 heteroatoms. The second-order valence-corrected chi connectivity index (χ2v) is 10.2. The van der Waals surface area contributed by atoms with Crippen molar-refractivity contribution < 1.29 is 32.2 Å². The van der Waals surface area contributed by atoms with E-state index in [1.807, 2.05) is 0 Å². The molecule has 0 radical (unpaired) electrons. The fraction of sp³-hybridized carbons (Fsp3) is 0.417. The van der Waals surface area contributed by atoms with Gasteiger partial charge >= 0.3 is 5.97 Å². The number of carbonyl (C=O) groups excluding carboxylic acids is 2. The summed E-state index contributed by atoms with van der Waals surface area (Å²) in [6, 6.07) is 11.2. The van der Waals surface area contributed by atoms with Gasteiger partial charge in [-0.1, -0.05) is 18.6 Å². The van der Waals surface area contributed by atoms with Gasteiger partial charge in [0.1, 0.15) is 13.2 Å². The van der Waals surface area contributed by atoms with Gasteiger partial charge < -0.3 is 19.5 Å². The number of nitrogens with zero attached hydrogens (tertiary/aromatic N) is 1. The Morgan fingerprint density at radius 3 is 2.38 bits per heavy atom. The van der Waals surface area contributed by atoms with Crippen LogP contribution in [-0.4, -0.2) is 57.0 Å². The number of amides is 1. The number of nitrogens with one attached hydrogen (secondary N) is 1. The van der Waals surface area contributed by atoms with Crippen molar-refractivity contribution in [3.63, 3.8) is 0 Å². The van der Waals surface area contributed by atoms with E-state index >= 15 is 0 Å². The molecule has 2 aliphatic heterocycles. The van der Waals surface area contributed by atoms with Crippen molar-refractivity contribution in [2.75, 3.05) is 31.6 Å². The van der Waals surface area contributed by atoms with Crippen LogP contribution in [0.4, 0.5) is 5.69 Å². The predicted octanol–water partition coefficient (Wildman–Crippen LogP) is 2.75. The molecule has 34 heavy (non-hydrogen) atoms. The highest BCUT2D eigenvalue weighted by atomic mass is 32.2. The Hall–Kier alpha value is -3.11. The summed E-state index contributed by atoms with van der Waals surface area (Å²) in [7, 11) is -3.53. The van der Waals surface area contributed by atoms with E-state index in [2.05, 4.69) is 5.32 Å². The fourth-order valence-electron chi connectivity index (χ4n) is 3.86. The summed E-state index contributed by atoms with van der Waals surface area (Å²) in [4.78, 5) is 25.0. The van der Waals surface area contributed by atoms with Crippen LogP contribution < -0.4 is 14.8 Å². The van der Waals surface area contributed by atoms with Gasteiger partial charge in [0.25, 0.3) is 5.91 Å². The van der Waals surface area contributed by atoms with Crippen LogP contribution in [0.5, 0.6) is 11.5 Å². The molecule has 9 nitrogen and oxygen atoms in total. The number of benzene rings is 2. The Bertz CT molecular complexity index is 1140. The molecule has 0 aliphatic carbocycles. The molecule has 0 spiro atoms. The van der Waals surface area contributed by atoms with Gasteiger partial charge in [-0.3, -0.25) is 9.59 Å². The Balaban J connectivity index is 1.30. The first-order valence-electron chi connectivity index (χ1n) is 11.3. The van der Waals surface area contributed by atoms with E-state index in [9.17, 15) is 18.0 Å². The molecule has 1 unspecified atom stereocenters. The number of fused-ring (bicyclic) bond motifs is 1. The third-order valence-corrected chi connectivity index (χ3v) is 7.62. The van der Waals surface area contributed by atoms with Gasteiger partial charge in [-0.15, -0.1) is 0 Å². The van der Waals surface area contributed by atoms with Gasteiger partial charge in [-0.05, 0) is 49.6 Å². The SMILES string of the molecule is CC(OC(=O)Cc1ccc(S(=O)(=O)N2CCCCC2)cc1)C(=O)Nc1ccc2c(c1)OCCO2. The Morgan fingerprint density at radius 1 is 1.00 bits per heavy atom. The van der Waals surface area contributed by atoms with Crippen LogP contribution in [0.25, 0.3) is 0 Å². The summed E-state index contributed by atoms with van der Waals surface area (Å²) < 4.78 is 43.2. The minimum Gasteiger partial charge on any atom is -0.486 e. The Labute approximate surface area is 199 Å². The van der Waals surface area contributed by atoms with Gasteiger partial charge in [0.15, 0.2) is 17.6 Å². The van der Waals surface area contributed by atoms with Crippen molar-refractivity contribution in [2.45, 2.75) is 43.6 Å². The van der Waals surface area contributed by atoms with E-state index in [1.165, 1.54) is 23.4 Å². The minimum absolute atomic E-state index is 0.0777. The summed E-state index contributed by atoms with van der Waals surface area (Å²) in [6.07, 6.45) is 1.68. The quantitative estimate of drug-likeness (QED) is 0.597. The maximum absolute atomic E-state index is 12.7. The van der Waals surface area contributed by atoms with Crippen molar-refractivity contribution >= 4 is 27.6 Å². The molecule has 1 atom stereocenters. The van der Waals surface area contributed by atoms with Crippen molar-refractivity contribution in [1.82, 2.24) is 4.31 Å². The molecule has 2 aromatic rings. The molecule has 0 saturated carbocycles. The zero-order chi connectivity index (χ0) is 24.1. The van der Waals surface area contributed by atoms with E-state index < -0.39 is 28.0 Å². The molecule has 2 aromatic carbocycles. The number of sulfonamides is 1. The number of hydrogen-bond donors (Lipinski definition) is 1. The van der Waals surface area contributed by atoms with Crippen molar-refractivity contribution in [1.29, 1.82) is 0 Å². The topological polar surface area (TPSA) is 111 Å². The molecule has 1 N–H and O–H groups in total. The van der Waals surface area contributed by atoms with Crippen LogP contribution in [-0.2, 0) is 30.8 Å². The van der Waals surface area contributed by atoms with Gasteiger partial charge in [0.05, 0.1) is 11.3 Å². The average Bonchev–Trinajstić information content (AvgIpc) is 2.84. The van der Waals surface area contributed by atoms with Crippen LogP contribution >= 0.6 is 0 Å².